The summed E-state index contributed by atoms with van der Waals surface area (Å²) in [6.07, 6.45) is 4.85. The van der Waals surface area contributed by atoms with Gasteiger partial charge in [-0.2, -0.15) is 0 Å². The fourth-order valence-electron chi connectivity index (χ4n) is 4.11. The van der Waals surface area contributed by atoms with Crippen LogP contribution in [0.1, 0.15) is 77.1 Å². The highest BCUT2D eigenvalue weighted by Gasteiger charge is 2.44. The maximum absolute atomic E-state index is 14.3. The molecule has 0 saturated heterocycles. The summed E-state index contributed by atoms with van der Waals surface area (Å²) in [5.41, 5.74) is 5.43. The number of nitrogens with two attached hydrogens (primary N) is 1. The van der Waals surface area contributed by atoms with Crippen LogP contribution >= 0.6 is 0 Å². The third-order valence-electron chi connectivity index (χ3n) is 6.38. The molecule has 40 heavy (non-hydrogen) atoms. The molecule has 0 radical (unpaired) electrons. The van der Waals surface area contributed by atoms with Gasteiger partial charge in [-0.05, 0) is 58.2 Å². The number of ether oxygens (including phenoxy) is 1. The molecule has 0 aromatic heterocycles. The molecule has 2 rings (SSSR count). The lowest BCUT2D eigenvalue weighted by atomic mass is 9.90. The standard InChI is InChI=1S/C31H40N4O5/c1-8-22-17-13-14-18-23(22)26(27(37)33-20-21-15-11-10-12-16-21)35(31(6,7)9-2)28(38)24(19-25(32)36)34-29(39)40-30(3,4)5/h1,10-18,24,26H,9,19-20H2,2-7H3,(H2,32,36)(H,33,37)(H,34,39). The number of terminal acetylenes is 1. The van der Waals surface area contributed by atoms with Gasteiger partial charge in [-0.15, -0.1) is 6.42 Å². The van der Waals surface area contributed by atoms with E-state index >= 15 is 0 Å². The number of carbonyl (C=O) groups excluding carboxylic acids is 4. The first-order valence-corrected chi connectivity index (χ1v) is 13.2. The number of alkyl carbamates (subject to hydrolysis) is 1. The summed E-state index contributed by atoms with van der Waals surface area (Å²) in [7, 11) is 0. The molecular weight excluding hydrogens is 508 g/mol. The molecule has 0 heterocycles. The van der Waals surface area contributed by atoms with Gasteiger partial charge in [-0.1, -0.05) is 61.4 Å². The molecule has 0 saturated carbocycles. The summed E-state index contributed by atoms with van der Waals surface area (Å²) < 4.78 is 5.33. The number of benzene rings is 2. The molecule has 2 unspecified atom stereocenters. The molecule has 214 valence electrons. The maximum atomic E-state index is 14.3. The van der Waals surface area contributed by atoms with Crippen LogP contribution in [0.15, 0.2) is 54.6 Å². The first-order chi connectivity index (χ1) is 18.7. The molecule has 4 amide bonds. The lowest BCUT2D eigenvalue weighted by Crippen LogP contribution is -2.60. The zero-order chi connectivity index (χ0) is 30.1. The molecule has 9 heteroatoms. The van der Waals surface area contributed by atoms with Crippen molar-refractivity contribution in [3.8, 4) is 12.3 Å². The van der Waals surface area contributed by atoms with Crippen LogP contribution in [-0.4, -0.2) is 45.9 Å². The van der Waals surface area contributed by atoms with E-state index in [0.717, 1.165) is 5.56 Å². The molecule has 9 nitrogen and oxygen atoms in total. The van der Waals surface area contributed by atoms with Crippen molar-refractivity contribution in [3.05, 3.63) is 71.3 Å². The predicted octanol–water partition coefficient (Wildman–Crippen LogP) is 3.81. The van der Waals surface area contributed by atoms with Crippen LogP contribution in [0.5, 0.6) is 0 Å². The van der Waals surface area contributed by atoms with Crippen molar-refractivity contribution in [1.82, 2.24) is 15.5 Å². The highest BCUT2D eigenvalue weighted by Crippen LogP contribution is 2.34. The highest BCUT2D eigenvalue weighted by molar-refractivity contribution is 5.95. The number of carbonyl (C=O) groups is 4. The Labute approximate surface area is 236 Å². The number of primary amides is 1. The van der Waals surface area contributed by atoms with Crippen molar-refractivity contribution in [2.75, 3.05) is 0 Å². The molecule has 2 aromatic rings. The van der Waals surface area contributed by atoms with Gasteiger partial charge in [0, 0.05) is 17.6 Å². The minimum absolute atomic E-state index is 0.212. The summed E-state index contributed by atoms with van der Waals surface area (Å²) in [6, 6.07) is 13.6. The summed E-state index contributed by atoms with van der Waals surface area (Å²) in [5.74, 6) is 0.645. The first kappa shape index (κ1) is 31.9. The summed E-state index contributed by atoms with van der Waals surface area (Å²) in [6.45, 7) is 10.7. The average Bonchev–Trinajstić information content (AvgIpc) is 2.88. The van der Waals surface area contributed by atoms with E-state index in [2.05, 4.69) is 16.6 Å². The molecule has 2 aromatic carbocycles. The molecule has 4 N–H and O–H groups in total. The lowest BCUT2D eigenvalue weighted by molar-refractivity contribution is -0.150. The minimum atomic E-state index is -1.39. The fourth-order valence-corrected chi connectivity index (χ4v) is 4.11. The van der Waals surface area contributed by atoms with E-state index in [4.69, 9.17) is 16.9 Å². The van der Waals surface area contributed by atoms with Gasteiger partial charge in [0.15, 0.2) is 0 Å². The minimum Gasteiger partial charge on any atom is -0.444 e. The quantitative estimate of drug-likeness (QED) is 0.368. The first-order valence-electron chi connectivity index (χ1n) is 13.2. The molecule has 2 atom stereocenters. The second-order valence-electron chi connectivity index (χ2n) is 11.1. The van der Waals surface area contributed by atoms with Crippen LogP contribution in [-0.2, 0) is 25.7 Å². The number of nitrogens with one attached hydrogen (secondary N) is 2. The zero-order valence-corrected chi connectivity index (χ0v) is 24.1. The normalized spacial score (nSPS) is 12.8. The van der Waals surface area contributed by atoms with Crippen molar-refractivity contribution in [2.45, 2.75) is 84.2 Å². The van der Waals surface area contributed by atoms with Gasteiger partial charge >= 0.3 is 6.09 Å². The van der Waals surface area contributed by atoms with E-state index in [9.17, 15) is 19.2 Å². The van der Waals surface area contributed by atoms with Crippen LogP contribution in [0.2, 0.25) is 0 Å². The van der Waals surface area contributed by atoms with Crippen LogP contribution < -0.4 is 16.4 Å². The van der Waals surface area contributed by atoms with E-state index in [-0.39, 0.29) is 6.54 Å². The Kier molecular flexibility index (Phi) is 10.9. The number of amides is 4. The van der Waals surface area contributed by atoms with E-state index in [1.165, 1.54) is 4.90 Å². The second kappa shape index (κ2) is 13.7. The lowest BCUT2D eigenvalue weighted by Gasteiger charge is -2.44. The van der Waals surface area contributed by atoms with Gasteiger partial charge in [-0.3, -0.25) is 14.4 Å². The topological polar surface area (TPSA) is 131 Å². The number of rotatable bonds is 11. The summed E-state index contributed by atoms with van der Waals surface area (Å²) >= 11 is 0. The van der Waals surface area contributed by atoms with Crippen LogP contribution in [0.3, 0.4) is 0 Å². The fraction of sp³-hybridized carbons (Fsp3) is 0.419. The van der Waals surface area contributed by atoms with Crippen molar-refractivity contribution >= 4 is 23.8 Å². The van der Waals surface area contributed by atoms with Gasteiger partial charge in [0.2, 0.25) is 17.7 Å². The Hall–Kier alpha value is -4.32. The molecule has 0 bridgehead atoms. The Morgan fingerprint density at radius 1 is 1.00 bits per heavy atom. The Morgan fingerprint density at radius 3 is 2.15 bits per heavy atom. The molecule has 0 fully saturated rings. The third-order valence-corrected chi connectivity index (χ3v) is 6.38. The van der Waals surface area contributed by atoms with Crippen LogP contribution in [0.25, 0.3) is 0 Å². The average molecular weight is 549 g/mol. The second-order valence-corrected chi connectivity index (χ2v) is 11.1. The largest absolute Gasteiger partial charge is 0.444 e. The van der Waals surface area contributed by atoms with E-state index in [0.29, 0.717) is 17.5 Å². The van der Waals surface area contributed by atoms with Crippen molar-refractivity contribution in [1.29, 1.82) is 0 Å². The zero-order valence-electron chi connectivity index (χ0n) is 24.1. The van der Waals surface area contributed by atoms with E-state index in [1.807, 2.05) is 37.3 Å². The Balaban J connectivity index is 2.64. The van der Waals surface area contributed by atoms with Crippen LogP contribution in [0, 0.1) is 12.3 Å². The number of hydrogen-bond acceptors (Lipinski definition) is 5. The summed E-state index contributed by atoms with van der Waals surface area (Å²) in [4.78, 5) is 54.3. The smallest absolute Gasteiger partial charge is 0.408 e. The monoisotopic (exact) mass is 548 g/mol. The van der Waals surface area contributed by atoms with Gasteiger partial charge in [-0.25, -0.2) is 4.79 Å². The molecule has 0 aliphatic carbocycles. The predicted molar refractivity (Wildman–Crippen MR) is 154 cm³/mol. The van der Waals surface area contributed by atoms with Crippen molar-refractivity contribution < 1.29 is 23.9 Å². The van der Waals surface area contributed by atoms with E-state index < -0.39 is 53.5 Å². The van der Waals surface area contributed by atoms with Gasteiger partial charge in [0.1, 0.15) is 17.7 Å². The Bertz CT molecular complexity index is 1240. The maximum Gasteiger partial charge on any atom is 0.408 e. The third kappa shape index (κ3) is 8.87. The molecule has 0 spiro atoms. The van der Waals surface area contributed by atoms with Gasteiger partial charge < -0.3 is 26.0 Å². The van der Waals surface area contributed by atoms with Gasteiger partial charge in [0.25, 0.3) is 0 Å². The van der Waals surface area contributed by atoms with Crippen LogP contribution in [0.4, 0.5) is 4.79 Å². The molecule has 0 aliphatic heterocycles. The highest BCUT2D eigenvalue weighted by atomic mass is 16.6. The Morgan fingerprint density at radius 2 is 1.60 bits per heavy atom. The molecular formula is C31H40N4O5. The van der Waals surface area contributed by atoms with E-state index in [1.54, 1.807) is 58.9 Å². The number of hydrogen-bond donors (Lipinski definition) is 3. The number of nitrogens with zero attached hydrogens (tertiary/aromatic N) is 1. The SMILES string of the molecule is C#Cc1ccccc1C(C(=O)NCc1ccccc1)N(C(=O)C(CC(N)=O)NC(=O)OC(C)(C)C)C(C)(C)CC. The van der Waals surface area contributed by atoms with Crippen molar-refractivity contribution in [3.63, 3.8) is 0 Å². The molecule has 0 aliphatic rings. The van der Waals surface area contributed by atoms with Gasteiger partial charge in [0.05, 0.1) is 6.42 Å². The summed E-state index contributed by atoms with van der Waals surface area (Å²) in [5, 5.41) is 5.41. The van der Waals surface area contributed by atoms with Crippen molar-refractivity contribution in [2.24, 2.45) is 5.73 Å².